The Morgan fingerprint density at radius 3 is 1.69 bits per heavy atom. The predicted octanol–water partition coefficient (Wildman–Crippen LogP) is 14.8. The first-order chi connectivity index (χ1) is 28.5. The predicted molar refractivity (Wildman–Crippen MR) is 243 cm³/mol. The van der Waals surface area contributed by atoms with Gasteiger partial charge in [-0.15, -0.1) is 0 Å². The summed E-state index contributed by atoms with van der Waals surface area (Å²) in [5.74, 6) is 0. The number of aromatic nitrogens is 2. The highest BCUT2D eigenvalue weighted by molar-refractivity contribution is 6.11. The highest BCUT2D eigenvalue weighted by Crippen LogP contribution is 2.50. The van der Waals surface area contributed by atoms with Crippen molar-refractivity contribution in [2.24, 2.45) is 0 Å². The van der Waals surface area contributed by atoms with Crippen LogP contribution in [0, 0.1) is 0 Å². The quantitative estimate of drug-likeness (QED) is 0.166. The summed E-state index contributed by atoms with van der Waals surface area (Å²) in [6.45, 7) is 4.71. The fourth-order valence-electron chi connectivity index (χ4n) is 9.31. The number of rotatable bonds is 6. The molecule has 10 aromatic rings. The molecule has 0 saturated carbocycles. The van der Waals surface area contributed by atoms with Gasteiger partial charge < -0.3 is 4.57 Å². The van der Waals surface area contributed by atoms with E-state index in [1.165, 1.54) is 71.9 Å². The van der Waals surface area contributed by atoms with E-state index in [0.717, 1.165) is 33.8 Å². The third-order valence-electron chi connectivity index (χ3n) is 12.2. The van der Waals surface area contributed by atoms with Crippen LogP contribution in [0.15, 0.2) is 206 Å². The maximum atomic E-state index is 5.25. The van der Waals surface area contributed by atoms with E-state index in [9.17, 15) is 0 Å². The largest absolute Gasteiger partial charge is 0.309 e. The summed E-state index contributed by atoms with van der Waals surface area (Å²) in [5, 5.41) is 2.46. The van der Waals surface area contributed by atoms with Gasteiger partial charge in [-0.1, -0.05) is 172 Å². The second kappa shape index (κ2) is 13.4. The van der Waals surface area contributed by atoms with Crippen molar-refractivity contribution in [2.75, 3.05) is 0 Å². The van der Waals surface area contributed by atoms with Gasteiger partial charge in [-0.05, 0) is 104 Å². The van der Waals surface area contributed by atoms with Crippen molar-refractivity contribution in [3.05, 3.63) is 217 Å². The third kappa shape index (κ3) is 5.52. The molecule has 8 aromatic carbocycles. The fraction of sp³-hybridized carbons (Fsp3) is 0.0536. The van der Waals surface area contributed by atoms with Crippen LogP contribution in [0.5, 0.6) is 0 Å². The van der Waals surface area contributed by atoms with Crippen LogP contribution in [0.4, 0.5) is 0 Å². The molecule has 0 aliphatic heterocycles. The van der Waals surface area contributed by atoms with Gasteiger partial charge in [0.15, 0.2) is 0 Å². The van der Waals surface area contributed by atoms with Gasteiger partial charge in [0.25, 0.3) is 0 Å². The monoisotopic (exact) mass is 740 g/mol. The summed E-state index contributed by atoms with van der Waals surface area (Å²) < 4.78 is 2.41. The van der Waals surface area contributed by atoms with Gasteiger partial charge >= 0.3 is 0 Å². The molecule has 2 aromatic heterocycles. The minimum atomic E-state index is -0.0557. The molecule has 1 aliphatic carbocycles. The van der Waals surface area contributed by atoms with Gasteiger partial charge in [0.05, 0.1) is 22.4 Å². The summed E-state index contributed by atoms with van der Waals surface area (Å²) in [5.41, 5.74) is 20.2. The van der Waals surface area contributed by atoms with Gasteiger partial charge in [0.1, 0.15) is 0 Å². The van der Waals surface area contributed by atoms with Crippen LogP contribution in [0.25, 0.3) is 94.5 Å². The number of para-hydroxylation sites is 1. The van der Waals surface area contributed by atoms with Crippen LogP contribution in [-0.4, -0.2) is 9.55 Å². The SMILES string of the molecule is CC1(C)c2ccccc2-c2ccc(-c3ccccc3-c3ccc4c(c3)c3ccccc3n4-c3cccc(-c4cc(-c5ccccc5)cc(-c5ccccc5)n4)c3)cc21. The number of hydrogen-bond donors (Lipinski definition) is 0. The first-order valence-electron chi connectivity index (χ1n) is 20.1. The van der Waals surface area contributed by atoms with Crippen LogP contribution in [0.1, 0.15) is 25.0 Å². The number of benzene rings is 8. The van der Waals surface area contributed by atoms with E-state index in [0.29, 0.717) is 0 Å². The Kier molecular flexibility index (Phi) is 7.87. The van der Waals surface area contributed by atoms with Crippen molar-refractivity contribution in [3.63, 3.8) is 0 Å². The van der Waals surface area contributed by atoms with Gasteiger partial charge in [-0.3, -0.25) is 0 Å². The molecule has 0 unspecified atom stereocenters. The normalized spacial score (nSPS) is 12.8. The van der Waals surface area contributed by atoms with E-state index in [1.807, 2.05) is 0 Å². The van der Waals surface area contributed by atoms with Crippen LogP contribution in [-0.2, 0) is 5.41 Å². The molecule has 11 rings (SSSR count). The van der Waals surface area contributed by atoms with Crippen molar-refractivity contribution in [1.82, 2.24) is 9.55 Å². The van der Waals surface area contributed by atoms with E-state index >= 15 is 0 Å². The van der Waals surface area contributed by atoms with Crippen molar-refractivity contribution in [3.8, 4) is 72.7 Å². The molecule has 0 radical (unpaired) electrons. The highest BCUT2D eigenvalue weighted by atomic mass is 15.0. The van der Waals surface area contributed by atoms with E-state index in [1.54, 1.807) is 0 Å². The second-order valence-corrected chi connectivity index (χ2v) is 16.0. The second-order valence-electron chi connectivity index (χ2n) is 16.0. The number of nitrogens with zero attached hydrogens (tertiary/aromatic N) is 2. The summed E-state index contributed by atoms with van der Waals surface area (Å²) in [4.78, 5) is 5.25. The first kappa shape index (κ1) is 34.0. The topological polar surface area (TPSA) is 17.8 Å². The number of fused-ring (bicyclic) bond motifs is 6. The zero-order valence-corrected chi connectivity index (χ0v) is 32.5. The molecular weight excluding hydrogens is 701 g/mol. The molecule has 0 bridgehead atoms. The van der Waals surface area contributed by atoms with E-state index in [-0.39, 0.29) is 5.41 Å². The Bertz CT molecular complexity index is 3130. The molecule has 0 N–H and O–H groups in total. The lowest BCUT2D eigenvalue weighted by molar-refractivity contribution is 0.660. The zero-order valence-electron chi connectivity index (χ0n) is 32.5. The van der Waals surface area contributed by atoms with Gasteiger partial charge in [-0.2, -0.15) is 0 Å². The van der Waals surface area contributed by atoms with Crippen molar-refractivity contribution >= 4 is 21.8 Å². The Hall–Kier alpha value is -7.29. The molecule has 2 nitrogen and oxygen atoms in total. The smallest absolute Gasteiger partial charge is 0.0716 e. The minimum Gasteiger partial charge on any atom is -0.309 e. The molecule has 2 heterocycles. The maximum Gasteiger partial charge on any atom is 0.0716 e. The highest BCUT2D eigenvalue weighted by Gasteiger charge is 2.35. The van der Waals surface area contributed by atoms with Crippen LogP contribution < -0.4 is 0 Å². The van der Waals surface area contributed by atoms with Crippen molar-refractivity contribution < 1.29 is 0 Å². The lowest BCUT2D eigenvalue weighted by atomic mass is 9.81. The molecule has 0 saturated heterocycles. The van der Waals surface area contributed by atoms with Gasteiger partial charge in [-0.25, -0.2) is 4.98 Å². The van der Waals surface area contributed by atoms with Crippen LogP contribution >= 0.6 is 0 Å². The zero-order chi connectivity index (χ0) is 38.8. The number of pyridine rings is 1. The van der Waals surface area contributed by atoms with Crippen molar-refractivity contribution in [2.45, 2.75) is 19.3 Å². The standard InChI is InChI=1S/C56H40N2/c1-56(2)50-26-13-11-24-46(50)47-30-28-40(34-51(47)56)45-23-10-9-22-44(45)39-29-31-55-49(33-39)48-25-12-14-27-54(48)58(55)43-21-15-20-41(32-43)53-36-42(37-16-5-3-6-17-37)35-52(57-53)38-18-7-4-8-19-38/h3-36H,1-2H3. The maximum absolute atomic E-state index is 5.25. The molecule has 0 atom stereocenters. The number of hydrogen-bond acceptors (Lipinski definition) is 1. The molecule has 58 heavy (non-hydrogen) atoms. The summed E-state index contributed by atoms with van der Waals surface area (Å²) in [6, 6.07) is 74.9. The third-order valence-corrected chi connectivity index (χ3v) is 12.2. The average molecular weight is 741 g/mol. The van der Waals surface area contributed by atoms with Crippen LogP contribution in [0.2, 0.25) is 0 Å². The Balaban J connectivity index is 1.03. The fourth-order valence-corrected chi connectivity index (χ4v) is 9.31. The first-order valence-corrected chi connectivity index (χ1v) is 20.1. The lowest BCUT2D eigenvalue weighted by Gasteiger charge is -2.22. The molecule has 274 valence electrons. The minimum absolute atomic E-state index is 0.0557. The summed E-state index contributed by atoms with van der Waals surface area (Å²) >= 11 is 0. The van der Waals surface area contributed by atoms with Crippen molar-refractivity contribution in [1.29, 1.82) is 0 Å². The molecule has 0 fully saturated rings. The Labute approximate surface area is 339 Å². The lowest BCUT2D eigenvalue weighted by Crippen LogP contribution is -2.14. The summed E-state index contributed by atoms with van der Waals surface area (Å²) in [7, 11) is 0. The van der Waals surface area contributed by atoms with Gasteiger partial charge in [0, 0.05) is 33.0 Å². The van der Waals surface area contributed by atoms with E-state index in [2.05, 4.69) is 225 Å². The Morgan fingerprint density at radius 2 is 0.914 bits per heavy atom. The molecule has 2 heteroatoms. The van der Waals surface area contributed by atoms with E-state index < -0.39 is 0 Å². The average Bonchev–Trinajstić information content (AvgIpc) is 3.74. The molecule has 1 aliphatic rings. The van der Waals surface area contributed by atoms with Crippen LogP contribution in [0.3, 0.4) is 0 Å². The molecule has 0 amide bonds. The Morgan fingerprint density at radius 1 is 0.345 bits per heavy atom. The molecule has 0 spiro atoms. The van der Waals surface area contributed by atoms with Gasteiger partial charge in [0.2, 0.25) is 0 Å². The van der Waals surface area contributed by atoms with E-state index in [4.69, 9.17) is 4.98 Å². The molecular formula is C56H40N2. The summed E-state index contributed by atoms with van der Waals surface area (Å²) in [6.07, 6.45) is 0.